The molecule has 4 aliphatic rings. The lowest BCUT2D eigenvalue weighted by Gasteiger charge is -2.59. The van der Waals surface area contributed by atoms with Gasteiger partial charge in [-0.15, -0.1) is 0 Å². The van der Waals surface area contributed by atoms with Crippen molar-refractivity contribution in [2.75, 3.05) is 6.54 Å². The Hall–Kier alpha value is -0.630. The van der Waals surface area contributed by atoms with Gasteiger partial charge in [0.1, 0.15) is 0 Å². The van der Waals surface area contributed by atoms with Crippen molar-refractivity contribution in [1.82, 2.24) is 5.32 Å². The molecule has 20 heavy (non-hydrogen) atoms. The zero-order valence-corrected chi connectivity index (χ0v) is 12.8. The summed E-state index contributed by atoms with van der Waals surface area (Å²) < 4.78 is 0. The summed E-state index contributed by atoms with van der Waals surface area (Å²) in [6, 6.07) is 0.725. The van der Waals surface area contributed by atoms with Gasteiger partial charge in [0, 0.05) is 11.5 Å². The fourth-order valence-electron chi connectivity index (χ4n) is 6.17. The number of nitrogens with one attached hydrogen (secondary N) is 1. The molecule has 2 saturated carbocycles. The van der Waals surface area contributed by atoms with Gasteiger partial charge in [-0.1, -0.05) is 19.9 Å². The quantitative estimate of drug-likeness (QED) is 0.733. The van der Waals surface area contributed by atoms with Gasteiger partial charge >= 0.3 is 0 Å². The molecule has 0 aromatic rings. The number of hydrogen-bond acceptors (Lipinski definition) is 2. The lowest BCUT2D eigenvalue weighted by atomic mass is 9.47. The Balaban J connectivity index is 1.68. The fraction of sp³-hybridized carbons (Fsp3) is 0.833. The number of ketones is 1. The van der Waals surface area contributed by atoms with Crippen molar-refractivity contribution in [3.05, 3.63) is 12.2 Å². The molecule has 2 nitrogen and oxygen atoms in total. The van der Waals surface area contributed by atoms with Crippen molar-refractivity contribution in [2.45, 2.75) is 58.4 Å². The summed E-state index contributed by atoms with van der Waals surface area (Å²) in [4.78, 5) is 12.3. The number of hydrogen-bond donors (Lipinski definition) is 1. The molecular formula is C18H27NO. The second-order valence-corrected chi connectivity index (χ2v) is 8.17. The normalized spacial score (nSPS) is 54.2. The van der Waals surface area contributed by atoms with Gasteiger partial charge in [-0.2, -0.15) is 0 Å². The molecule has 1 aliphatic heterocycles. The van der Waals surface area contributed by atoms with Gasteiger partial charge in [0.2, 0.25) is 0 Å². The van der Waals surface area contributed by atoms with Crippen LogP contribution in [0.2, 0.25) is 0 Å². The number of carbonyl (C=O) groups is 1. The van der Waals surface area contributed by atoms with Gasteiger partial charge < -0.3 is 5.32 Å². The topological polar surface area (TPSA) is 29.1 Å². The van der Waals surface area contributed by atoms with Crippen LogP contribution < -0.4 is 5.32 Å². The molecule has 0 aromatic carbocycles. The molecule has 1 N–H and O–H groups in total. The van der Waals surface area contributed by atoms with E-state index in [0.717, 1.165) is 24.3 Å². The molecule has 0 spiro atoms. The highest BCUT2D eigenvalue weighted by Gasteiger charge is 2.58. The maximum absolute atomic E-state index is 12.3. The van der Waals surface area contributed by atoms with Crippen LogP contribution in [0.15, 0.2) is 12.2 Å². The van der Waals surface area contributed by atoms with E-state index in [1.807, 2.05) is 6.08 Å². The van der Waals surface area contributed by atoms with E-state index in [0.29, 0.717) is 17.1 Å². The SMILES string of the molecule is C[C@]12CCCNC1CC[C@@H]1[C@@H]2CC[C@]2(C)C(=O)C=C[C@@H]12. The van der Waals surface area contributed by atoms with Gasteiger partial charge in [-0.25, -0.2) is 0 Å². The van der Waals surface area contributed by atoms with Crippen LogP contribution >= 0.6 is 0 Å². The highest BCUT2D eigenvalue weighted by molar-refractivity contribution is 5.97. The molecule has 4 rings (SSSR count). The molecular weight excluding hydrogens is 246 g/mol. The Kier molecular flexibility index (Phi) is 2.74. The second-order valence-electron chi connectivity index (χ2n) is 8.17. The van der Waals surface area contributed by atoms with Crippen LogP contribution in [-0.4, -0.2) is 18.4 Å². The molecule has 110 valence electrons. The Morgan fingerprint density at radius 2 is 2.05 bits per heavy atom. The summed E-state index contributed by atoms with van der Waals surface area (Å²) in [5.74, 6) is 2.49. The van der Waals surface area contributed by atoms with Crippen LogP contribution in [0, 0.1) is 28.6 Å². The van der Waals surface area contributed by atoms with E-state index in [2.05, 4.69) is 25.2 Å². The van der Waals surface area contributed by atoms with E-state index in [1.165, 1.54) is 38.6 Å². The molecule has 0 radical (unpaired) electrons. The maximum atomic E-state index is 12.3. The van der Waals surface area contributed by atoms with E-state index in [1.54, 1.807) is 0 Å². The maximum Gasteiger partial charge on any atom is 0.161 e. The average Bonchev–Trinajstić information content (AvgIpc) is 2.74. The first kappa shape index (κ1) is 13.1. The van der Waals surface area contributed by atoms with E-state index < -0.39 is 0 Å². The van der Waals surface area contributed by atoms with E-state index >= 15 is 0 Å². The Morgan fingerprint density at radius 3 is 2.90 bits per heavy atom. The number of allylic oxidation sites excluding steroid dienone is 2. The lowest BCUT2D eigenvalue weighted by Crippen LogP contribution is -2.59. The fourth-order valence-corrected chi connectivity index (χ4v) is 6.17. The Labute approximate surface area is 122 Å². The third-order valence-corrected chi connectivity index (χ3v) is 7.42. The minimum atomic E-state index is -0.0630. The third-order valence-electron chi connectivity index (χ3n) is 7.42. The number of fused-ring (bicyclic) bond motifs is 5. The zero-order chi connectivity index (χ0) is 14.0. The zero-order valence-electron chi connectivity index (χ0n) is 12.8. The summed E-state index contributed by atoms with van der Waals surface area (Å²) in [5, 5.41) is 3.79. The predicted octanol–water partition coefficient (Wildman–Crippen LogP) is 3.33. The van der Waals surface area contributed by atoms with Gasteiger partial charge in [0.25, 0.3) is 0 Å². The van der Waals surface area contributed by atoms with Crippen LogP contribution in [0.25, 0.3) is 0 Å². The van der Waals surface area contributed by atoms with Crippen LogP contribution in [-0.2, 0) is 4.79 Å². The van der Waals surface area contributed by atoms with Gasteiger partial charge in [-0.05, 0) is 74.3 Å². The summed E-state index contributed by atoms with van der Waals surface area (Å²) in [7, 11) is 0. The highest BCUT2D eigenvalue weighted by atomic mass is 16.1. The van der Waals surface area contributed by atoms with Crippen molar-refractivity contribution in [3.8, 4) is 0 Å². The Morgan fingerprint density at radius 1 is 1.20 bits per heavy atom. The number of piperidine rings is 1. The standard InChI is InChI=1S/C18H27NO/c1-17-9-3-11-19-15(17)6-4-12-13-5-7-16(20)18(13,2)10-8-14(12)17/h5,7,12-15,19H,3-4,6,8-11H2,1-2H3/t12-,13-,14-,15?,17+,18-/m0/s1. The third kappa shape index (κ3) is 1.52. The first-order valence-electron chi connectivity index (χ1n) is 8.52. The van der Waals surface area contributed by atoms with Crippen LogP contribution in [0.1, 0.15) is 52.4 Å². The monoisotopic (exact) mass is 273 g/mol. The number of carbonyl (C=O) groups excluding carboxylic acids is 1. The molecule has 3 aliphatic carbocycles. The van der Waals surface area contributed by atoms with Gasteiger partial charge in [0.05, 0.1) is 0 Å². The van der Waals surface area contributed by atoms with Crippen molar-refractivity contribution < 1.29 is 4.79 Å². The minimum absolute atomic E-state index is 0.0630. The first-order valence-corrected chi connectivity index (χ1v) is 8.52. The van der Waals surface area contributed by atoms with Gasteiger partial charge in [-0.3, -0.25) is 4.79 Å². The van der Waals surface area contributed by atoms with Crippen molar-refractivity contribution in [2.24, 2.45) is 28.6 Å². The molecule has 3 fully saturated rings. The van der Waals surface area contributed by atoms with E-state index in [4.69, 9.17) is 0 Å². The summed E-state index contributed by atoms with van der Waals surface area (Å²) in [6.45, 7) is 5.96. The summed E-state index contributed by atoms with van der Waals surface area (Å²) >= 11 is 0. The first-order chi connectivity index (χ1) is 9.56. The van der Waals surface area contributed by atoms with E-state index in [-0.39, 0.29) is 5.41 Å². The molecule has 0 bridgehead atoms. The Bertz CT molecular complexity index is 470. The average molecular weight is 273 g/mol. The van der Waals surface area contributed by atoms with Crippen LogP contribution in [0.5, 0.6) is 0 Å². The second kappa shape index (κ2) is 4.19. The largest absolute Gasteiger partial charge is 0.313 e. The lowest BCUT2D eigenvalue weighted by molar-refractivity contribution is -0.133. The minimum Gasteiger partial charge on any atom is -0.313 e. The summed E-state index contributed by atoms with van der Waals surface area (Å²) in [5.41, 5.74) is 0.411. The van der Waals surface area contributed by atoms with Crippen LogP contribution in [0.4, 0.5) is 0 Å². The molecule has 6 atom stereocenters. The highest BCUT2D eigenvalue weighted by Crippen LogP contribution is 2.61. The van der Waals surface area contributed by atoms with Crippen LogP contribution in [0.3, 0.4) is 0 Å². The van der Waals surface area contributed by atoms with E-state index in [9.17, 15) is 4.79 Å². The molecule has 2 heteroatoms. The van der Waals surface area contributed by atoms with Crippen molar-refractivity contribution >= 4 is 5.78 Å². The molecule has 0 amide bonds. The molecule has 1 unspecified atom stereocenters. The summed E-state index contributed by atoms with van der Waals surface area (Å²) in [6.07, 6.45) is 11.9. The molecule has 1 saturated heterocycles. The van der Waals surface area contributed by atoms with Gasteiger partial charge in [0.15, 0.2) is 5.78 Å². The predicted molar refractivity (Wildman–Crippen MR) is 80.3 cm³/mol. The van der Waals surface area contributed by atoms with Crippen molar-refractivity contribution in [3.63, 3.8) is 0 Å². The molecule has 1 heterocycles. The smallest absolute Gasteiger partial charge is 0.161 e. The molecule has 0 aromatic heterocycles. The van der Waals surface area contributed by atoms with Crippen molar-refractivity contribution in [1.29, 1.82) is 0 Å². The number of rotatable bonds is 0.